The van der Waals surface area contributed by atoms with E-state index in [1.54, 1.807) is 0 Å². The van der Waals surface area contributed by atoms with Gasteiger partial charge in [-0.05, 0) is 23.1 Å². The molecular formula is C20H22N2O3. The molecule has 2 aromatic carbocycles. The molecule has 0 saturated carbocycles. The monoisotopic (exact) mass is 338 g/mol. The first-order valence-electron chi connectivity index (χ1n) is 8.45. The fraction of sp³-hybridized carbons (Fsp3) is 0.300. The summed E-state index contributed by atoms with van der Waals surface area (Å²) in [5.41, 5.74) is 8.66. The largest absolute Gasteiger partial charge is 0.373 e. The zero-order valence-corrected chi connectivity index (χ0v) is 14.0. The van der Waals surface area contributed by atoms with E-state index in [0.717, 1.165) is 17.5 Å². The van der Waals surface area contributed by atoms with Crippen molar-refractivity contribution in [2.24, 2.45) is 5.73 Å². The van der Waals surface area contributed by atoms with Crippen LogP contribution in [0.4, 0.5) is 0 Å². The molecule has 1 aliphatic heterocycles. The van der Waals surface area contributed by atoms with Gasteiger partial charge < -0.3 is 15.8 Å². The van der Waals surface area contributed by atoms with E-state index in [9.17, 15) is 9.59 Å². The highest BCUT2D eigenvalue weighted by Crippen LogP contribution is 2.29. The van der Waals surface area contributed by atoms with Crippen molar-refractivity contribution in [2.75, 3.05) is 6.61 Å². The number of benzene rings is 2. The molecule has 0 spiro atoms. The van der Waals surface area contributed by atoms with Gasteiger partial charge in [0.25, 0.3) is 0 Å². The third-order valence-corrected chi connectivity index (χ3v) is 4.42. The SMILES string of the molecule is NC(=O)[C@@H](Cc1ccccc1)NC(=O)C[C@H]1OCCc2ccccc21. The summed E-state index contributed by atoms with van der Waals surface area (Å²) in [7, 11) is 0. The summed E-state index contributed by atoms with van der Waals surface area (Å²) >= 11 is 0. The Morgan fingerprint density at radius 3 is 2.60 bits per heavy atom. The molecular weight excluding hydrogens is 316 g/mol. The topological polar surface area (TPSA) is 81.4 Å². The second-order valence-corrected chi connectivity index (χ2v) is 6.22. The molecule has 0 aliphatic carbocycles. The first-order valence-corrected chi connectivity index (χ1v) is 8.45. The van der Waals surface area contributed by atoms with Crippen LogP contribution >= 0.6 is 0 Å². The fourth-order valence-corrected chi connectivity index (χ4v) is 3.14. The van der Waals surface area contributed by atoms with Crippen molar-refractivity contribution in [3.05, 3.63) is 71.3 Å². The van der Waals surface area contributed by atoms with Crippen LogP contribution in [0.2, 0.25) is 0 Å². The lowest BCUT2D eigenvalue weighted by Crippen LogP contribution is -2.46. The maximum atomic E-state index is 12.4. The summed E-state index contributed by atoms with van der Waals surface area (Å²) in [6, 6.07) is 16.7. The fourth-order valence-electron chi connectivity index (χ4n) is 3.14. The zero-order valence-electron chi connectivity index (χ0n) is 14.0. The van der Waals surface area contributed by atoms with E-state index in [1.807, 2.05) is 48.5 Å². The molecule has 5 heteroatoms. The summed E-state index contributed by atoms with van der Waals surface area (Å²) in [6.45, 7) is 0.595. The minimum Gasteiger partial charge on any atom is -0.373 e. The maximum Gasteiger partial charge on any atom is 0.240 e. The van der Waals surface area contributed by atoms with Gasteiger partial charge in [-0.25, -0.2) is 0 Å². The number of carbonyl (C=O) groups excluding carboxylic acids is 2. The highest BCUT2D eigenvalue weighted by atomic mass is 16.5. The first kappa shape index (κ1) is 17.2. The smallest absolute Gasteiger partial charge is 0.240 e. The Kier molecular flexibility index (Phi) is 5.46. The van der Waals surface area contributed by atoms with E-state index >= 15 is 0 Å². The quantitative estimate of drug-likeness (QED) is 0.844. The van der Waals surface area contributed by atoms with Crippen molar-refractivity contribution in [3.63, 3.8) is 0 Å². The Bertz CT molecular complexity index is 746. The van der Waals surface area contributed by atoms with E-state index in [4.69, 9.17) is 10.5 Å². The van der Waals surface area contributed by atoms with Crippen molar-refractivity contribution in [3.8, 4) is 0 Å². The summed E-state index contributed by atoms with van der Waals surface area (Å²) in [6.07, 6.45) is 1.13. The number of hydrogen-bond donors (Lipinski definition) is 2. The van der Waals surface area contributed by atoms with E-state index < -0.39 is 11.9 Å². The molecule has 0 radical (unpaired) electrons. The molecule has 0 unspecified atom stereocenters. The average molecular weight is 338 g/mol. The minimum atomic E-state index is -0.728. The van der Waals surface area contributed by atoms with Gasteiger partial charge in [-0.3, -0.25) is 9.59 Å². The van der Waals surface area contributed by atoms with Crippen molar-refractivity contribution in [2.45, 2.75) is 31.4 Å². The number of fused-ring (bicyclic) bond motifs is 1. The lowest BCUT2D eigenvalue weighted by atomic mass is 9.95. The number of nitrogens with one attached hydrogen (secondary N) is 1. The third kappa shape index (κ3) is 4.45. The van der Waals surface area contributed by atoms with Gasteiger partial charge in [0.1, 0.15) is 6.04 Å². The van der Waals surface area contributed by atoms with Crippen molar-refractivity contribution < 1.29 is 14.3 Å². The van der Waals surface area contributed by atoms with Gasteiger partial charge in [0.05, 0.1) is 19.1 Å². The molecule has 0 fully saturated rings. The van der Waals surface area contributed by atoms with Gasteiger partial charge in [0.2, 0.25) is 11.8 Å². The van der Waals surface area contributed by atoms with Crippen LogP contribution in [0, 0.1) is 0 Å². The average Bonchev–Trinajstić information content (AvgIpc) is 2.62. The van der Waals surface area contributed by atoms with Gasteiger partial charge in [-0.2, -0.15) is 0 Å². The van der Waals surface area contributed by atoms with E-state index in [0.29, 0.717) is 13.0 Å². The Hall–Kier alpha value is -2.66. The molecule has 0 saturated heterocycles. The summed E-state index contributed by atoms with van der Waals surface area (Å²) in [4.78, 5) is 24.1. The van der Waals surface area contributed by atoms with Crippen LogP contribution < -0.4 is 11.1 Å². The first-order chi connectivity index (χ1) is 12.1. The van der Waals surface area contributed by atoms with Crippen molar-refractivity contribution >= 4 is 11.8 Å². The Balaban J connectivity index is 1.64. The molecule has 0 aromatic heterocycles. The van der Waals surface area contributed by atoms with Crippen LogP contribution in [0.25, 0.3) is 0 Å². The van der Waals surface area contributed by atoms with Crippen LogP contribution in [0.1, 0.15) is 29.2 Å². The molecule has 25 heavy (non-hydrogen) atoms. The van der Waals surface area contributed by atoms with Gasteiger partial charge in [0, 0.05) is 6.42 Å². The molecule has 5 nitrogen and oxygen atoms in total. The van der Waals surface area contributed by atoms with Crippen molar-refractivity contribution in [1.82, 2.24) is 5.32 Å². The van der Waals surface area contributed by atoms with Crippen LogP contribution in [-0.4, -0.2) is 24.5 Å². The summed E-state index contributed by atoms with van der Waals surface area (Å²) in [5.74, 6) is -0.774. The molecule has 3 rings (SSSR count). The third-order valence-electron chi connectivity index (χ3n) is 4.42. The number of ether oxygens (including phenoxy) is 1. The van der Waals surface area contributed by atoms with Crippen LogP contribution in [-0.2, 0) is 27.2 Å². The van der Waals surface area contributed by atoms with Crippen LogP contribution in [0.15, 0.2) is 54.6 Å². The normalized spacial score (nSPS) is 17.4. The molecule has 1 heterocycles. The molecule has 2 amide bonds. The highest BCUT2D eigenvalue weighted by molar-refractivity contribution is 5.87. The van der Waals surface area contributed by atoms with Gasteiger partial charge >= 0.3 is 0 Å². The molecule has 2 atom stereocenters. The van der Waals surface area contributed by atoms with Gasteiger partial charge in [-0.15, -0.1) is 0 Å². The number of hydrogen-bond acceptors (Lipinski definition) is 3. The van der Waals surface area contributed by atoms with E-state index in [2.05, 4.69) is 11.4 Å². The molecule has 0 bridgehead atoms. The minimum absolute atomic E-state index is 0.176. The van der Waals surface area contributed by atoms with Crippen LogP contribution in [0.3, 0.4) is 0 Å². The number of nitrogens with two attached hydrogens (primary N) is 1. The van der Waals surface area contributed by atoms with Crippen molar-refractivity contribution in [1.29, 1.82) is 0 Å². The maximum absolute atomic E-state index is 12.4. The van der Waals surface area contributed by atoms with E-state index in [-0.39, 0.29) is 18.4 Å². The zero-order chi connectivity index (χ0) is 17.6. The summed E-state index contributed by atoms with van der Waals surface area (Å²) < 4.78 is 5.76. The molecule has 130 valence electrons. The summed E-state index contributed by atoms with van der Waals surface area (Å²) in [5, 5.41) is 2.75. The van der Waals surface area contributed by atoms with Gasteiger partial charge in [-0.1, -0.05) is 54.6 Å². The van der Waals surface area contributed by atoms with E-state index in [1.165, 1.54) is 5.56 Å². The highest BCUT2D eigenvalue weighted by Gasteiger charge is 2.25. The number of rotatable bonds is 6. The predicted molar refractivity (Wildman–Crippen MR) is 94.7 cm³/mol. The Labute approximate surface area is 147 Å². The molecule has 3 N–H and O–H groups in total. The Morgan fingerprint density at radius 2 is 1.84 bits per heavy atom. The second-order valence-electron chi connectivity index (χ2n) is 6.22. The standard InChI is InChI=1S/C20H22N2O3/c21-20(24)17(12-14-6-2-1-3-7-14)22-19(23)13-18-16-9-5-4-8-15(16)10-11-25-18/h1-9,17-18H,10-13H2,(H2,21,24)(H,22,23)/t17-,18-/m1/s1. The lowest BCUT2D eigenvalue weighted by molar-refractivity contribution is -0.129. The Morgan fingerprint density at radius 1 is 1.12 bits per heavy atom. The van der Waals surface area contributed by atoms with Gasteiger partial charge in [0.15, 0.2) is 0 Å². The molecule has 1 aliphatic rings. The predicted octanol–water partition coefficient (Wildman–Crippen LogP) is 1.90. The lowest BCUT2D eigenvalue weighted by Gasteiger charge is -2.26. The van der Waals surface area contributed by atoms with Crippen LogP contribution in [0.5, 0.6) is 0 Å². The number of primary amides is 1. The molecule has 2 aromatic rings. The number of carbonyl (C=O) groups is 2. The number of amides is 2. The second kappa shape index (κ2) is 7.94.